The number of rotatable bonds is 3. The number of aromatic nitrogens is 2. The largest absolute Gasteiger partial charge is 0.317 e. The molecule has 1 aromatic rings. The van der Waals surface area contributed by atoms with Gasteiger partial charge in [0.25, 0.3) is 0 Å². The Kier molecular flexibility index (Phi) is 5.71. The molecule has 0 unspecified atom stereocenters. The Balaban J connectivity index is 0.00000128. The van der Waals surface area contributed by atoms with Gasteiger partial charge in [-0.3, -0.25) is 0 Å². The van der Waals surface area contributed by atoms with Crippen molar-refractivity contribution in [2.45, 2.75) is 38.5 Å². The van der Waals surface area contributed by atoms with E-state index in [-0.39, 0.29) is 12.4 Å². The Morgan fingerprint density at radius 2 is 2.00 bits per heavy atom. The van der Waals surface area contributed by atoms with Gasteiger partial charge in [-0.1, -0.05) is 13.3 Å². The van der Waals surface area contributed by atoms with Crippen LogP contribution < -0.4 is 5.32 Å². The van der Waals surface area contributed by atoms with Crippen LogP contribution in [0.1, 0.15) is 43.5 Å². The van der Waals surface area contributed by atoms with Gasteiger partial charge in [0.15, 0.2) is 0 Å². The predicted octanol–water partition coefficient (Wildman–Crippen LogP) is 2.32. The minimum atomic E-state index is 0. The SMILES string of the molecule is CCCc1ccc(C2CCNCC2)nn1.Cl. The fourth-order valence-electron chi connectivity index (χ4n) is 2.10. The number of hydrogen-bond donors (Lipinski definition) is 1. The van der Waals surface area contributed by atoms with Crippen LogP contribution in [-0.2, 0) is 6.42 Å². The quantitative estimate of drug-likeness (QED) is 0.883. The van der Waals surface area contributed by atoms with Gasteiger partial charge in [-0.15, -0.1) is 12.4 Å². The lowest BCUT2D eigenvalue weighted by atomic mass is 9.94. The molecule has 16 heavy (non-hydrogen) atoms. The second kappa shape index (κ2) is 6.81. The number of piperidine rings is 1. The lowest BCUT2D eigenvalue weighted by Gasteiger charge is -2.21. The molecular weight excluding hydrogens is 222 g/mol. The van der Waals surface area contributed by atoms with Crippen LogP contribution in [0.2, 0.25) is 0 Å². The summed E-state index contributed by atoms with van der Waals surface area (Å²) in [5, 5.41) is 12.0. The summed E-state index contributed by atoms with van der Waals surface area (Å²) < 4.78 is 0. The molecule has 1 aliphatic heterocycles. The molecule has 2 rings (SSSR count). The molecule has 90 valence electrons. The molecule has 4 heteroatoms. The highest BCUT2D eigenvalue weighted by Gasteiger charge is 2.16. The molecule has 0 spiro atoms. The monoisotopic (exact) mass is 241 g/mol. The van der Waals surface area contributed by atoms with E-state index < -0.39 is 0 Å². The van der Waals surface area contributed by atoms with Crippen molar-refractivity contribution in [1.82, 2.24) is 15.5 Å². The Labute approximate surface area is 103 Å². The summed E-state index contributed by atoms with van der Waals surface area (Å²) in [4.78, 5) is 0. The molecule has 0 radical (unpaired) electrons. The van der Waals surface area contributed by atoms with E-state index in [4.69, 9.17) is 0 Å². The van der Waals surface area contributed by atoms with Crippen LogP contribution in [0, 0.1) is 0 Å². The zero-order valence-electron chi connectivity index (χ0n) is 9.78. The van der Waals surface area contributed by atoms with Crippen molar-refractivity contribution >= 4 is 12.4 Å². The van der Waals surface area contributed by atoms with Gasteiger partial charge < -0.3 is 5.32 Å². The second-order valence-corrected chi connectivity index (χ2v) is 4.22. The average molecular weight is 242 g/mol. The Bertz CT molecular complexity index is 294. The first-order chi connectivity index (χ1) is 7.40. The molecule has 1 N–H and O–H groups in total. The molecule has 0 atom stereocenters. The Morgan fingerprint density at radius 1 is 1.25 bits per heavy atom. The van der Waals surface area contributed by atoms with Gasteiger partial charge in [0.2, 0.25) is 0 Å². The van der Waals surface area contributed by atoms with Gasteiger partial charge in [-0.05, 0) is 44.5 Å². The second-order valence-electron chi connectivity index (χ2n) is 4.22. The normalized spacial score (nSPS) is 16.8. The maximum atomic E-state index is 4.34. The Morgan fingerprint density at radius 3 is 2.56 bits per heavy atom. The first-order valence-electron chi connectivity index (χ1n) is 5.93. The first-order valence-corrected chi connectivity index (χ1v) is 5.93. The zero-order chi connectivity index (χ0) is 10.5. The van der Waals surface area contributed by atoms with Crippen molar-refractivity contribution in [3.05, 3.63) is 23.5 Å². The number of hydrogen-bond acceptors (Lipinski definition) is 3. The molecule has 1 fully saturated rings. The number of halogens is 1. The third-order valence-electron chi connectivity index (χ3n) is 3.00. The standard InChI is InChI=1S/C12H19N3.ClH/c1-2-3-11-4-5-12(15-14-11)10-6-8-13-9-7-10;/h4-5,10,13H,2-3,6-9H2,1H3;1H. The molecule has 1 aromatic heterocycles. The first kappa shape index (κ1) is 13.4. The maximum Gasteiger partial charge on any atom is 0.0663 e. The predicted molar refractivity (Wildman–Crippen MR) is 68.1 cm³/mol. The fourth-order valence-corrected chi connectivity index (χ4v) is 2.10. The van der Waals surface area contributed by atoms with Gasteiger partial charge in [-0.25, -0.2) is 0 Å². The molecule has 2 heterocycles. The van der Waals surface area contributed by atoms with Gasteiger partial charge >= 0.3 is 0 Å². The molecule has 1 aliphatic rings. The summed E-state index contributed by atoms with van der Waals surface area (Å²) in [5.74, 6) is 0.620. The van der Waals surface area contributed by atoms with Crippen molar-refractivity contribution in [2.75, 3.05) is 13.1 Å². The highest BCUT2D eigenvalue weighted by Crippen LogP contribution is 2.22. The molecule has 0 amide bonds. The van der Waals surface area contributed by atoms with E-state index in [1.54, 1.807) is 0 Å². The highest BCUT2D eigenvalue weighted by atomic mass is 35.5. The average Bonchev–Trinajstić information content (AvgIpc) is 2.32. The smallest absolute Gasteiger partial charge is 0.0663 e. The third kappa shape index (κ3) is 3.42. The molecule has 0 bridgehead atoms. The summed E-state index contributed by atoms with van der Waals surface area (Å²) in [6.45, 7) is 4.40. The van der Waals surface area contributed by atoms with Gasteiger partial charge in [-0.2, -0.15) is 10.2 Å². The van der Waals surface area contributed by atoms with E-state index >= 15 is 0 Å². The summed E-state index contributed by atoms with van der Waals surface area (Å²) in [6.07, 6.45) is 4.57. The molecule has 1 saturated heterocycles. The number of nitrogens with one attached hydrogen (secondary N) is 1. The summed E-state index contributed by atoms with van der Waals surface area (Å²) >= 11 is 0. The number of nitrogens with zero attached hydrogens (tertiary/aromatic N) is 2. The van der Waals surface area contributed by atoms with Gasteiger partial charge in [0, 0.05) is 5.92 Å². The van der Waals surface area contributed by atoms with Gasteiger partial charge in [0.05, 0.1) is 11.4 Å². The van der Waals surface area contributed by atoms with Crippen LogP contribution in [-0.4, -0.2) is 23.3 Å². The zero-order valence-corrected chi connectivity index (χ0v) is 10.6. The lowest BCUT2D eigenvalue weighted by molar-refractivity contribution is 0.450. The topological polar surface area (TPSA) is 37.8 Å². The van der Waals surface area contributed by atoms with Crippen molar-refractivity contribution in [2.24, 2.45) is 0 Å². The molecule has 0 aromatic carbocycles. The van der Waals surface area contributed by atoms with Crippen molar-refractivity contribution in [3.8, 4) is 0 Å². The maximum absolute atomic E-state index is 4.34. The van der Waals surface area contributed by atoms with Crippen molar-refractivity contribution in [1.29, 1.82) is 0 Å². The van der Waals surface area contributed by atoms with Crippen LogP contribution in [0.5, 0.6) is 0 Å². The van der Waals surface area contributed by atoms with E-state index in [0.29, 0.717) is 5.92 Å². The van der Waals surface area contributed by atoms with Crippen molar-refractivity contribution < 1.29 is 0 Å². The van der Waals surface area contributed by atoms with E-state index in [1.165, 1.54) is 18.5 Å². The highest BCUT2D eigenvalue weighted by molar-refractivity contribution is 5.85. The molecule has 0 aliphatic carbocycles. The number of aryl methyl sites for hydroxylation is 1. The molecule has 0 saturated carbocycles. The lowest BCUT2D eigenvalue weighted by Crippen LogP contribution is -2.27. The van der Waals surface area contributed by atoms with E-state index in [0.717, 1.165) is 31.6 Å². The van der Waals surface area contributed by atoms with Crippen LogP contribution in [0.25, 0.3) is 0 Å². The van der Waals surface area contributed by atoms with Crippen LogP contribution in [0.3, 0.4) is 0 Å². The summed E-state index contributed by atoms with van der Waals surface area (Å²) in [7, 11) is 0. The minimum Gasteiger partial charge on any atom is -0.317 e. The van der Waals surface area contributed by atoms with Crippen LogP contribution >= 0.6 is 12.4 Å². The third-order valence-corrected chi connectivity index (χ3v) is 3.00. The minimum absolute atomic E-state index is 0. The van der Waals surface area contributed by atoms with E-state index in [2.05, 4.69) is 34.6 Å². The Hall–Kier alpha value is -0.670. The van der Waals surface area contributed by atoms with Crippen LogP contribution in [0.15, 0.2) is 12.1 Å². The van der Waals surface area contributed by atoms with E-state index in [9.17, 15) is 0 Å². The summed E-state index contributed by atoms with van der Waals surface area (Å²) in [6, 6.07) is 4.29. The van der Waals surface area contributed by atoms with Gasteiger partial charge in [0.1, 0.15) is 0 Å². The van der Waals surface area contributed by atoms with E-state index in [1.807, 2.05) is 0 Å². The fraction of sp³-hybridized carbons (Fsp3) is 0.667. The summed E-state index contributed by atoms with van der Waals surface area (Å²) in [5.41, 5.74) is 2.30. The molecule has 3 nitrogen and oxygen atoms in total. The molecular formula is C12H20ClN3. The van der Waals surface area contributed by atoms with Crippen molar-refractivity contribution in [3.63, 3.8) is 0 Å². The van der Waals surface area contributed by atoms with Crippen LogP contribution in [0.4, 0.5) is 0 Å².